The smallest absolute Gasteiger partial charge is 0.120 e. The maximum absolute atomic E-state index is 8.76. The van der Waals surface area contributed by atoms with Crippen molar-refractivity contribution in [1.82, 2.24) is 0 Å². The SMILES string of the molecule is CSCC(N)CCCCOc1cccc(C#N)c1. The number of nitrogens with zero attached hydrogens (tertiary/aromatic N) is 1. The molecule has 1 atom stereocenters. The molecular weight excluding hydrogens is 244 g/mol. The predicted octanol–water partition coefficient (Wildman–Crippen LogP) is 2.80. The zero-order chi connectivity index (χ0) is 13.2. The average molecular weight is 264 g/mol. The second-order valence-corrected chi connectivity index (χ2v) is 5.11. The highest BCUT2D eigenvalue weighted by atomic mass is 32.2. The van der Waals surface area contributed by atoms with E-state index in [-0.39, 0.29) is 0 Å². The molecule has 3 nitrogen and oxygen atoms in total. The molecule has 0 bridgehead atoms. The quantitative estimate of drug-likeness (QED) is 0.733. The number of benzene rings is 1. The van der Waals surface area contributed by atoms with Gasteiger partial charge in [-0.25, -0.2) is 0 Å². The minimum Gasteiger partial charge on any atom is -0.494 e. The third-order valence-electron chi connectivity index (χ3n) is 2.58. The number of nitrogens with two attached hydrogens (primary N) is 1. The molecule has 0 fully saturated rings. The van der Waals surface area contributed by atoms with Gasteiger partial charge in [0.05, 0.1) is 18.2 Å². The molecule has 1 aromatic carbocycles. The van der Waals surface area contributed by atoms with Gasteiger partial charge in [0.1, 0.15) is 5.75 Å². The van der Waals surface area contributed by atoms with E-state index >= 15 is 0 Å². The maximum atomic E-state index is 8.76. The highest BCUT2D eigenvalue weighted by molar-refractivity contribution is 7.98. The summed E-state index contributed by atoms with van der Waals surface area (Å²) in [5.74, 6) is 1.79. The first-order valence-electron chi connectivity index (χ1n) is 6.13. The predicted molar refractivity (Wildman–Crippen MR) is 76.9 cm³/mol. The monoisotopic (exact) mass is 264 g/mol. The van der Waals surface area contributed by atoms with Crippen molar-refractivity contribution in [2.45, 2.75) is 25.3 Å². The van der Waals surface area contributed by atoms with Crippen LogP contribution in [0, 0.1) is 11.3 Å². The van der Waals surface area contributed by atoms with Crippen molar-refractivity contribution in [3.8, 4) is 11.8 Å². The summed E-state index contributed by atoms with van der Waals surface area (Å²) >= 11 is 1.79. The van der Waals surface area contributed by atoms with Crippen molar-refractivity contribution in [2.75, 3.05) is 18.6 Å². The Bertz CT molecular complexity index is 390. The summed E-state index contributed by atoms with van der Waals surface area (Å²) in [7, 11) is 0. The molecule has 0 spiro atoms. The van der Waals surface area contributed by atoms with Crippen LogP contribution in [0.15, 0.2) is 24.3 Å². The number of rotatable bonds is 8. The Morgan fingerprint density at radius 3 is 3.00 bits per heavy atom. The van der Waals surface area contributed by atoms with Crippen molar-refractivity contribution >= 4 is 11.8 Å². The largest absolute Gasteiger partial charge is 0.494 e. The van der Waals surface area contributed by atoms with E-state index in [0.717, 1.165) is 30.8 Å². The highest BCUT2D eigenvalue weighted by Gasteiger charge is 2.01. The van der Waals surface area contributed by atoms with Crippen molar-refractivity contribution in [2.24, 2.45) is 5.73 Å². The number of ether oxygens (including phenoxy) is 1. The van der Waals surface area contributed by atoms with Crippen LogP contribution in [0.4, 0.5) is 0 Å². The lowest BCUT2D eigenvalue weighted by Crippen LogP contribution is -2.22. The van der Waals surface area contributed by atoms with Gasteiger partial charge >= 0.3 is 0 Å². The first-order chi connectivity index (χ1) is 8.76. The first-order valence-corrected chi connectivity index (χ1v) is 7.53. The fourth-order valence-electron chi connectivity index (χ4n) is 1.65. The molecule has 0 radical (unpaired) electrons. The van der Waals surface area contributed by atoms with E-state index < -0.39 is 0 Å². The van der Waals surface area contributed by atoms with Crippen LogP contribution in [0.3, 0.4) is 0 Å². The van der Waals surface area contributed by atoms with Crippen molar-refractivity contribution < 1.29 is 4.74 Å². The molecule has 1 aromatic rings. The minimum atomic E-state index is 0.293. The van der Waals surface area contributed by atoms with Gasteiger partial charge in [0.15, 0.2) is 0 Å². The Hall–Kier alpha value is -1.18. The van der Waals surface area contributed by atoms with E-state index in [0.29, 0.717) is 18.2 Å². The molecular formula is C14H20N2OS. The van der Waals surface area contributed by atoms with Crippen molar-refractivity contribution in [3.05, 3.63) is 29.8 Å². The average Bonchev–Trinajstić information content (AvgIpc) is 2.39. The Kier molecular flexibility index (Phi) is 7.31. The standard InChI is InChI=1S/C14H20N2OS/c1-18-11-13(16)6-2-3-8-17-14-7-4-5-12(9-14)10-15/h4-5,7,9,13H,2-3,6,8,11,16H2,1H3. The lowest BCUT2D eigenvalue weighted by Gasteiger charge is -2.10. The van der Waals surface area contributed by atoms with E-state index in [2.05, 4.69) is 12.3 Å². The zero-order valence-corrected chi connectivity index (χ0v) is 11.6. The van der Waals surface area contributed by atoms with Gasteiger partial charge in [-0.1, -0.05) is 6.07 Å². The second-order valence-electron chi connectivity index (χ2n) is 4.20. The number of hydrogen-bond acceptors (Lipinski definition) is 4. The maximum Gasteiger partial charge on any atom is 0.120 e. The molecule has 2 N–H and O–H groups in total. The minimum absolute atomic E-state index is 0.293. The topological polar surface area (TPSA) is 59.0 Å². The Labute approximate surface area is 113 Å². The summed E-state index contributed by atoms with van der Waals surface area (Å²) < 4.78 is 5.59. The molecule has 0 saturated heterocycles. The number of hydrogen-bond donors (Lipinski definition) is 1. The molecule has 18 heavy (non-hydrogen) atoms. The van der Waals surface area contributed by atoms with Gasteiger partial charge in [-0.2, -0.15) is 17.0 Å². The van der Waals surface area contributed by atoms with Gasteiger partial charge < -0.3 is 10.5 Å². The van der Waals surface area contributed by atoms with E-state index in [1.54, 1.807) is 23.9 Å². The molecule has 0 amide bonds. The van der Waals surface area contributed by atoms with Gasteiger partial charge in [0.25, 0.3) is 0 Å². The summed E-state index contributed by atoms with van der Waals surface area (Å²) in [6, 6.07) is 9.64. The van der Waals surface area contributed by atoms with Crippen LogP contribution in [-0.4, -0.2) is 24.7 Å². The molecule has 1 rings (SSSR count). The fourth-order valence-corrected chi connectivity index (χ4v) is 2.25. The van der Waals surface area contributed by atoms with Crippen LogP contribution < -0.4 is 10.5 Å². The van der Waals surface area contributed by atoms with Gasteiger partial charge in [0, 0.05) is 11.8 Å². The molecule has 0 aliphatic heterocycles. The van der Waals surface area contributed by atoms with E-state index in [9.17, 15) is 0 Å². The van der Waals surface area contributed by atoms with Gasteiger partial charge in [-0.3, -0.25) is 0 Å². The van der Waals surface area contributed by atoms with Crippen molar-refractivity contribution in [1.29, 1.82) is 5.26 Å². The Balaban J connectivity index is 2.16. The molecule has 0 aromatic heterocycles. The van der Waals surface area contributed by atoms with Gasteiger partial charge in [0.2, 0.25) is 0 Å². The van der Waals surface area contributed by atoms with Crippen LogP contribution in [-0.2, 0) is 0 Å². The Morgan fingerprint density at radius 1 is 1.44 bits per heavy atom. The first kappa shape index (κ1) is 14.9. The summed E-state index contributed by atoms with van der Waals surface area (Å²) in [4.78, 5) is 0. The second kappa shape index (κ2) is 8.84. The van der Waals surface area contributed by atoms with Crippen LogP contribution >= 0.6 is 11.8 Å². The normalized spacial score (nSPS) is 11.8. The summed E-state index contributed by atoms with van der Waals surface area (Å²) in [5.41, 5.74) is 6.55. The van der Waals surface area contributed by atoms with Crippen molar-refractivity contribution in [3.63, 3.8) is 0 Å². The third kappa shape index (κ3) is 5.95. The third-order valence-corrected chi connectivity index (χ3v) is 3.34. The number of thioether (sulfide) groups is 1. The molecule has 0 heterocycles. The van der Waals surface area contributed by atoms with E-state index in [1.165, 1.54) is 0 Å². The van der Waals surface area contributed by atoms with E-state index in [1.807, 2.05) is 12.1 Å². The van der Waals surface area contributed by atoms with Crippen LogP contribution in [0.25, 0.3) is 0 Å². The van der Waals surface area contributed by atoms with Gasteiger partial charge in [-0.15, -0.1) is 0 Å². The molecule has 98 valence electrons. The molecule has 1 unspecified atom stereocenters. The fraction of sp³-hybridized carbons (Fsp3) is 0.500. The number of nitriles is 1. The lowest BCUT2D eigenvalue weighted by atomic mass is 10.1. The summed E-state index contributed by atoms with van der Waals surface area (Å²) in [6.07, 6.45) is 5.20. The zero-order valence-electron chi connectivity index (χ0n) is 10.8. The summed E-state index contributed by atoms with van der Waals surface area (Å²) in [6.45, 7) is 0.681. The molecule has 4 heteroatoms. The van der Waals surface area contributed by atoms with E-state index in [4.69, 9.17) is 15.7 Å². The summed E-state index contributed by atoms with van der Waals surface area (Å²) in [5, 5.41) is 8.76. The molecule has 0 aliphatic rings. The number of unbranched alkanes of at least 4 members (excludes halogenated alkanes) is 1. The van der Waals surface area contributed by atoms with Crippen LogP contribution in [0.2, 0.25) is 0 Å². The lowest BCUT2D eigenvalue weighted by molar-refractivity contribution is 0.304. The van der Waals surface area contributed by atoms with Crippen LogP contribution in [0.5, 0.6) is 5.75 Å². The molecule has 0 aliphatic carbocycles. The Morgan fingerprint density at radius 2 is 2.28 bits per heavy atom. The highest BCUT2D eigenvalue weighted by Crippen LogP contribution is 2.13. The van der Waals surface area contributed by atoms with Crippen LogP contribution in [0.1, 0.15) is 24.8 Å². The van der Waals surface area contributed by atoms with Gasteiger partial charge in [-0.05, 0) is 43.7 Å². The molecule has 0 saturated carbocycles.